The number of carbonyl (C=O) groups is 2. The van der Waals surface area contributed by atoms with Crippen LogP contribution in [0.3, 0.4) is 0 Å². The maximum Gasteiger partial charge on any atom is 0.338 e. The average Bonchev–Trinajstić information content (AvgIpc) is 2.65. The van der Waals surface area contributed by atoms with Gasteiger partial charge in [-0.05, 0) is 57.0 Å². The molecule has 1 N–H and O–H groups in total. The topological polar surface area (TPSA) is 64.6 Å². The van der Waals surface area contributed by atoms with Gasteiger partial charge < -0.3 is 14.8 Å². The van der Waals surface area contributed by atoms with E-state index < -0.39 is 5.97 Å². The van der Waals surface area contributed by atoms with Crippen LogP contribution >= 0.6 is 0 Å². The van der Waals surface area contributed by atoms with Crippen LogP contribution in [0.4, 0.5) is 0 Å². The number of carbonyl (C=O) groups excluding carboxylic acids is 2. The summed E-state index contributed by atoms with van der Waals surface area (Å²) >= 11 is 0. The van der Waals surface area contributed by atoms with Crippen LogP contribution < -0.4 is 10.1 Å². The Labute approximate surface area is 160 Å². The van der Waals surface area contributed by atoms with E-state index in [9.17, 15) is 9.59 Å². The molecule has 0 aliphatic rings. The number of aryl methyl sites for hydroxylation is 1. The van der Waals surface area contributed by atoms with E-state index in [1.807, 2.05) is 52.0 Å². The van der Waals surface area contributed by atoms with Crippen LogP contribution in [-0.2, 0) is 9.53 Å². The minimum Gasteiger partial charge on any atom is -0.491 e. The highest BCUT2D eigenvalue weighted by molar-refractivity contribution is 5.91. The van der Waals surface area contributed by atoms with E-state index in [1.54, 1.807) is 24.3 Å². The van der Waals surface area contributed by atoms with E-state index in [0.29, 0.717) is 11.3 Å². The van der Waals surface area contributed by atoms with Gasteiger partial charge in [-0.2, -0.15) is 0 Å². The van der Waals surface area contributed by atoms with E-state index in [4.69, 9.17) is 9.47 Å². The van der Waals surface area contributed by atoms with Gasteiger partial charge in [0.1, 0.15) is 5.75 Å². The van der Waals surface area contributed by atoms with Crippen LogP contribution in [0.25, 0.3) is 0 Å². The summed E-state index contributed by atoms with van der Waals surface area (Å²) in [6, 6.07) is 14.6. The first-order valence-corrected chi connectivity index (χ1v) is 9.18. The minimum absolute atomic E-state index is 0.0616. The summed E-state index contributed by atoms with van der Waals surface area (Å²) in [5.74, 6) is -0.177. The molecule has 0 saturated carbocycles. The van der Waals surface area contributed by atoms with Gasteiger partial charge in [0.05, 0.1) is 17.7 Å². The van der Waals surface area contributed by atoms with Crippen molar-refractivity contribution in [2.75, 3.05) is 6.61 Å². The molecular formula is C22H27NO4. The molecule has 0 saturated heterocycles. The molecule has 27 heavy (non-hydrogen) atoms. The molecule has 0 fully saturated rings. The van der Waals surface area contributed by atoms with Crippen molar-refractivity contribution in [1.29, 1.82) is 0 Å². The molecule has 0 unspecified atom stereocenters. The normalized spacial score (nSPS) is 11.7. The second kappa shape index (κ2) is 9.76. The maximum atomic E-state index is 12.2. The standard InChI is InChI=1S/C22H27NO4/c1-5-20(17-8-6-16(4)7-9-17)23-21(24)14-26-22(25)18-10-12-19(13-11-18)27-15(2)3/h6-13,15,20H,5,14H2,1-4H3,(H,23,24)/t20-/m1/s1. The molecule has 0 aromatic heterocycles. The SMILES string of the molecule is CC[C@@H](NC(=O)COC(=O)c1ccc(OC(C)C)cc1)c1ccc(C)cc1. The fourth-order valence-electron chi connectivity index (χ4n) is 2.61. The Morgan fingerprint density at radius 3 is 2.19 bits per heavy atom. The monoisotopic (exact) mass is 369 g/mol. The summed E-state index contributed by atoms with van der Waals surface area (Å²) in [6.45, 7) is 7.56. The van der Waals surface area contributed by atoms with Crippen molar-refractivity contribution in [2.24, 2.45) is 0 Å². The Hall–Kier alpha value is -2.82. The van der Waals surface area contributed by atoms with Gasteiger partial charge in [-0.25, -0.2) is 4.79 Å². The molecule has 0 spiro atoms. The van der Waals surface area contributed by atoms with Crippen LogP contribution in [-0.4, -0.2) is 24.6 Å². The van der Waals surface area contributed by atoms with Gasteiger partial charge in [0.15, 0.2) is 6.61 Å². The lowest BCUT2D eigenvalue weighted by atomic mass is 10.0. The van der Waals surface area contributed by atoms with Crippen molar-refractivity contribution >= 4 is 11.9 Å². The minimum atomic E-state index is -0.537. The summed E-state index contributed by atoms with van der Waals surface area (Å²) in [5, 5.41) is 2.90. The molecule has 0 radical (unpaired) electrons. The zero-order valence-electron chi connectivity index (χ0n) is 16.3. The Morgan fingerprint density at radius 1 is 1.00 bits per heavy atom. The predicted molar refractivity (Wildman–Crippen MR) is 105 cm³/mol. The first kappa shape index (κ1) is 20.5. The number of amides is 1. The molecule has 1 amide bonds. The molecule has 2 aromatic rings. The molecule has 144 valence electrons. The molecule has 0 heterocycles. The van der Waals surface area contributed by atoms with Gasteiger partial charge in [0.2, 0.25) is 0 Å². The molecular weight excluding hydrogens is 342 g/mol. The Balaban J connectivity index is 1.86. The van der Waals surface area contributed by atoms with E-state index in [0.717, 1.165) is 12.0 Å². The van der Waals surface area contributed by atoms with Crippen LogP contribution in [0, 0.1) is 6.92 Å². The molecule has 5 nitrogen and oxygen atoms in total. The maximum absolute atomic E-state index is 12.2. The highest BCUT2D eigenvalue weighted by Gasteiger charge is 2.15. The van der Waals surface area contributed by atoms with Crippen molar-refractivity contribution in [2.45, 2.75) is 46.3 Å². The largest absolute Gasteiger partial charge is 0.491 e. The summed E-state index contributed by atoms with van der Waals surface area (Å²) in [7, 11) is 0. The van der Waals surface area contributed by atoms with Crippen molar-refractivity contribution in [3.05, 3.63) is 65.2 Å². The summed E-state index contributed by atoms with van der Waals surface area (Å²) < 4.78 is 10.7. The van der Waals surface area contributed by atoms with Crippen LogP contribution in [0.1, 0.15) is 54.7 Å². The quantitative estimate of drug-likeness (QED) is 0.708. The Kier molecular flexibility index (Phi) is 7.41. The van der Waals surface area contributed by atoms with Gasteiger partial charge in [-0.15, -0.1) is 0 Å². The van der Waals surface area contributed by atoms with Crippen molar-refractivity contribution in [1.82, 2.24) is 5.32 Å². The summed E-state index contributed by atoms with van der Waals surface area (Å²) in [4.78, 5) is 24.3. The second-order valence-electron chi connectivity index (χ2n) is 6.71. The summed E-state index contributed by atoms with van der Waals surface area (Å²) in [5.41, 5.74) is 2.58. The van der Waals surface area contributed by atoms with Crippen LogP contribution in [0.2, 0.25) is 0 Å². The highest BCUT2D eigenvalue weighted by Crippen LogP contribution is 2.17. The molecule has 2 aromatic carbocycles. The van der Waals surface area contributed by atoms with Gasteiger partial charge in [-0.1, -0.05) is 36.8 Å². The van der Waals surface area contributed by atoms with E-state index in [2.05, 4.69) is 5.32 Å². The summed E-state index contributed by atoms with van der Waals surface area (Å²) in [6.07, 6.45) is 0.812. The lowest BCUT2D eigenvalue weighted by molar-refractivity contribution is -0.125. The van der Waals surface area contributed by atoms with Crippen LogP contribution in [0.15, 0.2) is 48.5 Å². The van der Waals surface area contributed by atoms with Gasteiger partial charge in [-0.3, -0.25) is 4.79 Å². The lowest BCUT2D eigenvalue weighted by Gasteiger charge is -2.17. The number of rotatable bonds is 8. The number of hydrogen-bond donors (Lipinski definition) is 1. The molecule has 0 bridgehead atoms. The first-order chi connectivity index (χ1) is 12.9. The van der Waals surface area contributed by atoms with Crippen molar-refractivity contribution < 1.29 is 19.1 Å². The average molecular weight is 369 g/mol. The fourth-order valence-corrected chi connectivity index (χ4v) is 2.61. The number of ether oxygens (including phenoxy) is 2. The highest BCUT2D eigenvalue weighted by atomic mass is 16.5. The third kappa shape index (κ3) is 6.44. The number of nitrogens with one attached hydrogen (secondary N) is 1. The number of esters is 1. The fraction of sp³-hybridized carbons (Fsp3) is 0.364. The van der Waals surface area contributed by atoms with Gasteiger partial charge in [0.25, 0.3) is 5.91 Å². The smallest absolute Gasteiger partial charge is 0.338 e. The number of benzene rings is 2. The zero-order chi connectivity index (χ0) is 19.8. The molecule has 2 rings (SSSR count). The Morgan fingerprint density at radius 2 is 1.63 bits per heavy atom. The zero-order valence-corrected chi connectivity index (χ0v) is 16.3. The lowest BCUT2D eigenvalue weighted by Crippen LogP contribution is -2.32. The molecule has 0 aliphatic carbocycles. The molecule has 1 atom stereocenters. The second-order valence-corrected chi connectivity index (χ2v) is 6.71. The van der Waals surface area contributed by atoms with Gasteiger partial charge >= 0.3 is 5.97 Å². The van der Waals surface area contributed by atoms with E-state index in [-0.39, 0.29) is 24.7 Å². The van der Waals surface area contributed by atoms with Gasteiger partial charge in [0, 0.05) is 0 Å². The predicted octanol–water partition coefficient (Wildman–Crippen LogP) is 4.21. The Bertz CT molecular complexity index is 751. The third-order valence-electron chi connectivity index (χ3n) is 4.02. The van der Waals surface area contributed by atoms with E-state index >= 15 is 0 Å². The first-order valence-electron chi connectivity index (χ1n) is 9.18. The van der Waals surface area contributed by atoms with Crippen LogP contribution in [0.5, 0.6) is 5.75 Å². The third-order valence-corrected chi connectivity index (χ3v) is 4.02. The molecule has 0 aliphatic heterocycles. The van der Waals surface area contributed by atoms with Crippen molar-refractivity contribution in [3.63, 3.8) is 0 Å². The molecule has 5 heteroatoms. The number of hydrogen-bond acceptors (Lipinski definition) is 4. The van der Waals surface area contributed by atoms with Crippen molar-refractivity contribution in [3.8, 4) is 5.75 Å². The van der Waals surface area contributed by atoms with E-state index in [1.165, 1.54) is 5.56 Å².